The topological polar surface area (TPSA) is 118 Å². The molecule has 0 N–H and O–H groups in total. The normalized spacial score (nSPS) is 11.9. The van der Waals surface area contributed by atoms with Crippen molar-refractivity contribution < 1.29 is 28.3 Å². The van der Waals surface area contributed by atoms with Crippen molar-refractivity contribution in [3.8, 4) is 22.9 Å². The molecule has 3 aromatic rings. The molecule has 0 radical (unpaired) electrons. The molecule has 0 atom stereocenters. The molecule has 0 saturated heterocycles. The summed E-state index contributed by atoms with van der Waals surface area (Å²) in [6.45, 7) is 2.55. The van der Waals surface area contributed by atoms with Crippen LogP contribution < -0.4 is 9.47 Å². The molecule has 0 aliphatic rings. The molecule has 184 valence electrons. The molecule has 0 bridgehead atoms. The van der Waals surface area contributed by atoms with Gasteiger partial charge in [0.1, 0.15) is 17.4 Å². The van der Waals surface area contributed by atoms with Crippen LogP contribution in [0.2, 0.25) is 0 Å². The molecule has 0 aliphatic heterocycles. The zero-order valence-electron chi connectivity index (χ0n) is 20.1. The van der Waals surface area contributed by atoms with Crippen LogP contribution in [0.25, 0.3) is 11.4 Å². The van der Waals surface area contributed by atoms with Crippen LogP contribution in [-0.4, -0.2) is 67.8 Å². The van der Waals surface area contributed by atoms with Crippen LogP contribution in [0.3, 0.4) is 0 Å². The van der Waals surface area contributed by atoms with Gasteiger partial charge in [-0.05, 0) is 48.7 Å². The lowest BCUT2D eigenvalue weighted by Crippen LogP contribution is -2.15. The molecule has 0 fully saturated rings. The second kappa shape index (κ2) is 12.7. The average Bonchev–Trinajstić information content (AvgIpc) is 3.32. The van der Waals surface area contributed by atoms with E-state index in [1.807, 2.05) is 30.3 Å². The average molecular weight is 499 g/mol. The number of ether oxygens (including phenoxy) is 4. The SMILES string of the molecule is COCCOc1ccc(C(=N/c2ccc(-c3noc(C)n3)cc2)/C(=N/C(=O)OC)SC)cc1OC. The molecule has 3 rings (SSSR count). The number of hydrogen-bond acceptors (Lipinski definition) is 10. The van der Waals surface area contributed by atoms with Crippen LogP contribution >= 0.6 is 11.8 Å². The molecule has 10 nitrogen and oxygen atoms in total. The number of aliphatic imine (C=N–C) groups is 2. The number of thioether (sulfide) groups is 1. The van der Waals surface area contributed by atoms with Gasteiger partial charge in [0.15, 0.2) is 11.5 Å². The van der Waals surface area contributed by atoms with Gasteiger partial charge in [-0.2, -0.15) is 9.98 Å². The first-order chi connectivity index (χ1) is 17.0. The first kappa shape index (κ1) is 25.9. The smallest absolute Gasteiger partial charge is 0.434 e. The third-order valence-electron chi connectivity index (χ3n) is 4.64. The number of rotatable bonds is 9. The van der Waals surface area contributed by atoms with Crippen LogP contribution in [0, 0.1) is 6.92 Å². The number of aromatic nitrogens is 2. The Balaban J connectivity index is 2.03. The van der Waals surface area contributed by atoms with E-state index in [9.17, 15) is 4.79 Å². The molecule has 0 saturated carbocycles. The Hall–Kier alpha value is -3.70. The summed E-state index contributed by atoms with van der Waals surface area (Å²) >= 11 is 1.27. The minimum Gasteiger partial charge on any atom is -0.493 e. The quantitative estimate of drug-likeness (QED) is 0.234. The maximum atomic E-state index is 11.9. The lowest BCUT2D eigenvalue weighted by molar-refractivity contribution is 0.144. The van der Waals surface area contributed by atoms with Gasteiger partial charge in [-0.15, -0.1) is 11.8 Å². The molecule has 1 aromatic heterocycles. The molecule has 11 heteroatoms. The highest BCUT2D eigenvalue weighted by Crippen LogP contribution is 2.30. The number of aryl methyl sites for hydroxylation is 1. The van der Waals surface area contributed by atoms with Crippen LogP contribution in [0.15, 0.2) is 57.0 Å². The lowest BCUT2D eigenvalue weighted by atomic mass is 10.1. The van der Waals surface area contributed by atoms with Crippen molar-refractivity contribution in [2.75, 3.05) is 40.8 Å². The van der Waals surface area contributed by atoms with Gasteiger partial charge in [0.05, 0.1) is 26.5 Å². The van der Waals surface area contributed by atoms with E-state index >= 15 is 0 Å². The summed E-state index contributed by atoms with van der Waals surface area (Å²) in [6.07, 6.45) is 1.08. The van der Waals surface area contributed by atoms with E-state index in [1.54, 1.807) is 39.5 Å². The van der Waals surface area contributed by atoms with E-state index in [1.165, 1.54) is 18.9 Å². The summed E-state index contributed by atoms with van der Waals surface area (Å²) in [7, 11) is 4.43. The molecular weight excluding hydrogens is 472 g/mol. The van der Waals surface area contributed by atoms with Crippen molar-refractivity contribution in [1.29, 1.82) is 0 Å². The van der Waals surface area contributed by atoms with Gasteiger partial charge < -0.3 is 23.5 Å². The minimum atomic E-state index is -0.726. The van der Waals surface area contributed by atoms with Gasteiger partial charge in [0, 0.05) is 25.2 Å². The lowest BCUT2D eigenvalue weighted by Gasteiger charge is -2.14. The number of nitrogens with zero attached hydrogens (tertiary/aromatic N) is 4. The van der Waals surface area contributed by atoms with Gasteiger partial charge >= 0.3 is 6.09 Å². The number of hydrogen-bond donors (Lipinski definition) is 0. The van der Waals surface area contributed by atoms with Crippen molar-refractivity contribution in [1.82, 2.24) is 10.1 Å². The summed E-state index contributed by atoms with van der Waals surface area (Å²) < 4.78 is 26.1. The van der Waals surface area contributed by atoms with Gasteiger partial charge in [0.25, 0.3) is 0 Å². The van der Waals surface area contributed by atoms with E-state index in [-0.39, 0.29) is 0 Å². The summed E-state index contributed by atoms with van der Waals surface area (Å²) in [5, 5.41) is 4.31. The van der Waals surface area contributed by atoms with Crippen LogP contribution in [-0.2, 0) is 9.47 Å². The summed E-state index contributed by atoms with van der Waals surface area (Å²) in [5.41, 5.74) is 2.56. The van der Waals surface area contributed by atoms with E-state index in [0.29, 0.717) is 58.4 Å². The van der Waals surface area contributed by atoms with Crippen molar-refractivity contribution in [3.05, 3.63) is 53.9 Å². The molecule has 1 heterocycles. The Labute approximate surface area is 207 Å². The molecule has 0 aliphatic carbocycles. The molecule has 35 heavy (non-hydrogen) atoms. The van der Waals surface area contributed by atoms with Crippen LogP contribution in [0.1, 0.15) is 11.5 Å². The van der Waals surface area contributed by atoms with E-state index in [4.69, 9.17) is 28.5 Å². The third-order valence-corrected chi connectivity index (χ3v) is 5.31. The Morgan fingerprint density at radius 2 is 1.83 bits per heavy atom. The number of benzene rings is 2. The second-order valence-electron chi connectivity index (χ2n) is 6.94. The standard InChI is InChI=1S/C24H26N4O6S/c1-15-25-22(28-34-15)16-6-9-18(10-7-16)26-21(23(35-5)27-24(29)32-4)17-8-11-19(20(14-17)31-3)33-13-12-30-2/h6-11,14H,12-13H2,1-5H3/b26-21-,27-23-. The summed E-state index contributed by atoms with van der Waals surface area (Å²) in [6, 6.07) is 12.7. The predicted octanol–water partition coefficient (Wildman–Crippen LogP) is 4.73. The van der Waals surface area contributed by atoms with Crippen LogP contribution in [0.5, 0.6) is 11.5 Å². The molecular formula is C24H26N4O6S. The maximum Gasteiger partial charge on any atom is 0.434 e. The molecule has 0 unspecified atom stereocenters. The largest absolute Gasteiger partial charge is 0.493 e. The number of carbonyl (C=O) groups is 1. The molecule has 2 aromatic carbocycles. The first-order valence-corrected chi connectivity index (χ1v) is 11.7. The number of methoxy groups -OCH3 is 3. The Kier molecular flexibility index (Phi) is 9.39. The summed E-state index contributed by atoms with van der Waals surface area (Å²) in [5.74, 6) is 2.04. The predicted molar refractivity (Wildman–Crippen MR) is 134 cm³/mol. The van der Waals surface area contributed by atoms with E-state index in [0.717, 1.165) is 5.56 Å². The molecule has 0 spiro atoms. The number of amides is 1. The van der Waals surface area contributed by atoms with Gasteiger partial charge in [-0.1, -0.05) is 5.16 Å². The zero-order chi connectivity index (χ0) is 25.2. The van der Waals surface area contributed by atoms with Crippen molar-refractivity contribution in [2.24, 2.45) is 9.98 Å². The zero-order valence-corrected chi connectivity index (χ0v) is 20.9. The first-order valence-electron chi connectivity index (χ1n) is 10.5. The Morgan fingerprint density at radius 3 is 2.43 bits per heavy atom. The highest BCUT2D eigenvalue weighted by molar-refractivity contribution is 8.15. The fourth-order valence-corrected chi connectivity index (χ4v) is 3.48. The summed E-state index contributed by atoms with van der Waals surface area (Å²) in [4.78, 5) is 25.0. The highest BCUT2D eigenvalue weighted by Gasteiger charge is 2.17. The minimum absolute atomic E-state index is 0.374. The number of carbonyl (C=O) groups excluding carboxylic acids is 1. The maximum absolute atomic E-state index is 11.9. The Bertz CT molecular complexity index is 1210. The monoisotopic (exact) mass is 498 g/mol. The fraction of sp³-hybridized carbons (Fsp3) is 0.292. The van der Waals surface area contributed by atoms with E-state index < -0.39 is 6.09 Å². The second-order valence-corrected chi connectivity index (χ2v) is 7.74. The fourth-order valence-electron chi connectivity index (χ4n) is 2.96. The van der Waals surface area contributed by atoms with Gasteiger partial charge in [-0.25, -0.2) is 9.79 Å². The van der Waals surface area contributed by atoms with Crippen molar-refractivity contribution in [3.63, 3.8) is 0 Å². The Morgan fingerprint density at radius 1 is 1.06 bits per heavy atom. The third kappa shape index (κ3) is 6.90. The van der Waals surface area contributed by atoms with Gasteiger partial charge in [-0.3, -0.25) is 0 Å². The van der Waals surface area contributed by atoms with E-state index in [2.05, 4.69) is 15.1 Å². The highest BCUT2D eigenvalue weighted by atomic mass is 32.2. The van der Waals surface area contributed by atoms with Crippen LogP contribution in [0.4, 0.5) is 10.5 Å². The van der Waals surface area contributed by atoms with Gasteiger partial charge in [0.2, 0.25) is 11.7 Å². The van der Waals surface area contributed by atoms with Crippen molar-refractivity contribution in [2.45, 2.75) is 6.92 Å². The van der Waals surface area contributed by atoms with Crippen molar-refractivity contribution >= 4 is 34.3 Å². The molecule has 1 amide bonds.